The minimum atomic E-state index is -0.386. The summed E-state index contributed by atoms with van der Waals surface area (Å²) in [5.74, 6) is 3.65. The number of terminal acetylenes is 1. The fourth-order valence-electron chi connectivity index (χ4n) is 2.87. The summed E-state index contributed by atoms with van der Waals surface area (Å²) in [7, 11) is 0. The molecular weight excluding hydrogens is 484 g/mol. The van der Waals surface area contributed by atoms with Gasteiger partial charge in [0.05, 0.1) is 12.8 Å². The van der Waals surface area contributed by atoms with Crippen molar-refractivity contribution >= 4 is 28.1 Å². The van der Waals surface area contributed by atoms with Crippen molar-refractivity contribution < 1.29 is 19.0 Å². The highest BCUT2D eigenvalue weighted by Gasteiger charge is 2.12. The van der Waals surface area contributed by atoms with Crippen molar-refractivity contribution in [1.82, 2.24) is 5.43 Å². The number of hydrazone groups is 1. The molecule has 168 valence electrons. The van der Waals surface area contributed by atoms with Crippen molar-refractivity contribution in [3.8, 4) is 29.6 Å². The topological polar surface area (TPSA) is 69.2 Å². The van der Waals surface area contributed by atoms with Crippen LogP contribution in [0.4, 0.5) is 0 Å². The Morgan fingerprint density at radius 3 is 2.58 bits per heavy atom. The van der Waals surface area contributed by atoms with Crippen LogP contribution in [0, 0.1) is 12.3 Å². The van der Waals surface area contributed by atoms with Gasteiger partial charge < -0.3 is 14.2 Å². The third-order valence-corrected chi connectivity index (χ3v) is 4.89. The van der Waals surface area contributed by atoms with Crippen LogP contribution in [0.15, 0.2) is 76.3 Å². The van der Waals surface area contributed by atoms with Crippen LogP contribution in [0.3, 0.4) is 0 Å². The van der Waals surface area contributed by atoms with E-state index in [0.717, 1.165) is 10.0 Å². The zero-order valence-corrected chi connectivity index (χ0v) is 19.7. The molecule has 0 unspecified atom stereocenters. The molecule has 33 heavy (non-hydrogen) atoms. The second kappa shape index (κ2) is 12.3. The van der Waals surface area contributed by atoms with Gasteiger partial charge in [-0.15, -0.1) is 6.42 Å². The highest BCUT2D eigenvalue weighted by Crippen LogP contribution is 2.29. The number of nitrogens with zero attached hydrogens (tertiary/aromatic N) is 1. The van der Waals surface area contributed by atoms with Crippen LogP contribution in [0.1, 0.15) is 28.4 Å². The number of carbonyl (C=O) groups excluding carboxylic acids is 1. The van der Waals surface area contributed by atoms with Gasteiger partial charge >= 0.3 is 0 Å². The molecule has 3 aromatic carbocycles. The fourth-order valence-corrected chi connectivity index (χ4v) is 3.25. The van der Waals surface area contributed by atoms with Gasteiger partial charge in [0.2, 0.25) is 0 Å². The van der Waals surface area contributed by atoms with E-state index in [9.17, 15) is 4.79 Å². The lowest BCUT2D eigenvalue weighted by Gasteiger charge is -2.13. The standard InChI is InChI=1S/C26H23BrN2O4/c1-3-14-32-23-13-11-22(27)15-21(23)17-28-29-26(30)20-10-12-24(25(16-20)31-4-2)33-18-19-8-6-5-7-9-19/h1,5-13,15-17H,4,14,18H2,2H3,(H,29,30)/b28-17+. The Labute approximate surface area is 201 Å². The number of hydrogen-bond acceptors (Lipinski definition) is 5. The Balaban J connectivity index is 1.69. The molecule has 3 rings (SSSR count). The quantitative estimate of drug-likeness (QED) is 0.233. The van der Waals surface area contributed by atoms with E-state index in [1.54, 1.807) is 24.3 Å². The van der Waals surface area contributed by atoms with Crippen LogP contribution >= 0.6 is 15.9 Å². The van der Waals surface area contributed by atoms with E-state index < -0.39 is 0 Å². The highest BCUT2D eigenvalue weighted by atomic mass is 79.9. The summed E-state index contributed by atoms with van der Waals surface area (Å²) >= 11 is 3.41. The number of ether oxygens (including phenoxy) is 3. The average Bonchev–Trinajstić information content (AvgIpc) is 2.83. The van der Waals surface area contributed by atoms with Crippen LogP contribution < -0.4 is 19.6 Å². The SMILES string of the molecule is C#CCOc1ccc(Br)cc1/C=N/NC(=O)c1ccc(OCc2ccccc2)c(OCC)c1. The molecule has 0 spiro atoms. The molecule has 0 saturated heterocycles. The van der Waals surface area contributed by atoms with Gasteiger partial charge in [-0.05, 0) is 48.9 Å². The van der Waals surface area contributed by atoms with E-state index in [4.69, 9.17) is 20.6 Å². The van der Waals surface area contributed by atoms with Gasteiger partial charge in [-0.25, -0.2) is 5.43 Å². The van der Waals surface area contributed by atoms with Crippen molar-refractivity contribution in [2.45, 2.75) is 13.5 Å². The van der Waals surface area contributed by atoms with Gasteiger partial charge in [0, 0.05) is 15.6 Å². The Bertz CT molecular complexity index is 1160. The first-order chi connectivity index (χ1) is 16.1. The maximum atomic E-state index is 12.6. The molecular formula is C26H23BrN2O4. The van der Waals surface area contributed by atoms with Crippen molar-refractivity contribution in [1.29, 1.82) is 0 Å². The lowest BCUT2D eigenvalue weighted by molar-refractivity contribution is 0.0954. The Hall–Kier alpha value is -3.76. The van der Waals surface area contributed by atoms with Crippen LogP contribution in [-0.2, 0) is 6.61 Å². The molecule has 7 heteroatoms. The number of rotatable bonds is 10. The number of benzene rings is 3. The predicted octanol–water partition coefficient (Wildman–Crippen LogP) is 5.20. The molecule has 0 heterocycles. The summed E-state index contributed by atoms with van der Waals surface area (Å²) < 4.78 is 17.9. The first-order valence-electron chi connectivity index (χ1n) is 10.2. The first kappa shape index (κ1) is 23.9. The van der Waals surface area contributed by atoms with Crippen LogP contribution in [0.25, 0.3) is 0 Å². The Morgan fingerprint density at radius 2 is 1.82 bits per heavy atom. The van der Waals surface area contributed by atoms with Gasteiger partial charge in [0.15, 0.2) is 11.5 Å². The maximum Gasteiger partial charge on any atom is 0.271 e. The number of amides is 1. The molecule has 0 radical (unpaired) electrons. The van der Waals surface area contributed by atoms with Gasteiger partial charge in [-0.1, -0.05) is 52.2 Å². The summed E-state index contributed by atoms with van der Waals surface area (Å²) in [5.41, 5.74) is 4.61. The molecule has 1 amide bonds. The average molecular weight is 507 g/mol. The summed E-state index contributed by atoms with van der Waals surface area (Å²) in [4.78, 5) is 12.6. The number of halogens is 1. The third kappa shape index (κ3) is 7.13. The van der Waals surface area contributed by atoms with E-state index in [1.807, 2.05) is 49.4 Å². The number of nitrogens with one attached hydrogen (secondary N) is 1. The van der Waals surface area contributed by atoms with Gasteiger partial charge in [-0.3, -0.25) is 4.79 Å². The molecule has 0 saturated carbocycles. The van der Waals surface area contributed by atoms with Gasteiger partial charge in [0.25, 0.3) is 5.91 Å². The van der Waals surface area contributed by atoms with E-state index in [1.165, 1.54) is 6.21 Å². The Morgan fingerprint density at radius 1 is 1.03 bits per heavy atom. The summed E-state index contributed by atoms with van der Waals surface area (Å²) in [6.07, 6.45) is 6.75. The van der Waals surface area contributed by atoms with Crippen LogP contribution in [-0.4, -0.2) is 25.3 Å². The largest absolute Gasteiger partial charge is 0.490 e. The first-order valence-corrected chi connectivity index (χ1v) is 11.0. The molecule has 0 fully saturated rings. The molecule has 1 N–H and O–H groups in total. The summed E-state index contributed by atoms with van der Waals surface area (Å²) in [6.45, 7) is 2.84. The van der Waals surface area contributed by atoms with E-state index >= 15 is 0 Å². The minimum Gasteiger partial charge on any atom is -0.490 e. The van der Waals surface area contributed by atoms with E-state index in [0.29, 0.717) is 41.6 Å². The maximum absolute atomic E-state index is 12.6. The fraction of sp³-hybridized carbons (Fsp3) is 0.154. The molecule has 6 nitrogen and oxygen atoms in total. The minimum absolute atomic E-state index is 0.133. The van der Waals surface area contributed by atoms with Crippen LogP contribution in [0.5, 0.6) is 17.2 Å². The van der Waals surface area contributed by atoms with Crippen molar-refractivity contribution in [2.75, 3.05) is 13.2 Å². The van der Waals surface area contributed by atoms with Gasteiger partial charge in [0.1, 0.15) is 19.0 Å². The molecule has 0 atom stereocenters. The van der Waals surface area contributed by atoms with E-state index in [-0.39, 0.29) is 12.5 Å². The summed E-state index contributed by atoms with van der Waals surface area (Å²) in [6, 6.07) is 20.2. The monoisotopic (exact) mass is 506 g/mol. The van der Waals surface area contributed by atoms with Crippen molar-refractivity contribution in [2.24, 2.45) is 5.10 Å². The van der Waals surface area contributed by atoms with Crippen molar-refractivity contribution in [3.05, 3.63) is 87.9 Å². The predicted molar refractivity (Wildman–Crippen MR) is 132 cm³/mol. The lowest BCUT2D eigenvalue weighted by Crippen LogP contribution is -2.18. The summed E-state index contributed by atoms with van der Waals surface area (Å²) in [5, 5.41) is 4.05. The lowest BCUT2D eigenvalue weighted by atomic mass is 10.2. The molecule has 0 aromatic heterocycles. The number of carbonyl (C=O) groups is 1. The molecule has 0 bridgehead atoms. The van der Waals surface area contributed by atoms with Crippen LogP contribution in [0.2, 0.25) is 0 Å². The van der Waals surface area contributed by atoms with Crippen molar-refractivity contribution in [3.63, 3.8) is 0 Å². The molecule has 0 aliphatic rings. The smallest absolute Gasteiger partial charge is 0.271 e. The second-order valence-electron chi connectivity index (χ2n) is 6.74. The molecule has 0 aliphatic heterocycles. The number of hydrogen-bond donors (Lipinski definition) is 1. The second-order valence-corrected chi connectivity index (χ2v) is 7.66. The zero-order chi connectivity index (χ0) is 23.5. The third-order valence-electron chi connectivity index (χ3n) is 4.40. The van der Waals surface area contributed by atoms with Gasteiger partial charge in [-0.2, -0.15) is 5.10 Å². The van der Waals surface area contributed by atoms with E-state index in [2.05, 4.69) is 32.4 Å². The Kier molecular flexibility index (Phi) is 8.92. The molecule has 3 aromatic rings. The highest BCUT2D eigenvalue weighted by molar-refractivity contribution is 9.10. The molecule has 0 aliphatic carbocycles. The normalized spacial score (nSPS) is 10.5. The zero-order valence-electron chi connectivity index (χ0n) is 18.1.